The lowest BCUT2D eigenvalue weighted by Crippen LogP contribution is -2.24. The average Bonchev–Trinajstić information content (AvgIpc) is 2.56. The number of urea groups is 1. The maximum Gasteiger partial charge on any atom is 0.501 e. The third-order valence-corrected chi connectivity index (χ3v) is 5.01. The van der Waals surface area contributed by atoms with Gasteiger partial charge in [-0.05, 0) is 30.3 Å². The Morgan fingerprint density at radius 2 is 1.58 bits per heavy atom. The molecule has 0 saturated heterocycles. The molecule has 0 aliphatic heterocycles. The minimum Gasteiger partial charge on any atom is -0.308 e. The number of alkyl halides is 3. The number of anilines is 2. The maximum atomic E-state index is 12.7. The van der Waals surface area contributed by atoms with Gasteiger partial charge in [0, 0.05) is 11.4 Å². The molecular weight excluding hydrogens is 395 g/mol. The van der Waals surface area contributed by atoms with E-state index in [0.717, 1.165) is 12.1 Å². The van der Waals surface area contributed by atoms with Crippen molar-refractivity contribution < 1.29 is 26.4 Å². The molecule has 0 aliphatic rings. The Labute approximate surface area is 151 Å². The van der Waals surface area contributed by atoms with Crippen LogP contribution in [0.4, 0.5) is 35.0 Å². The number of rotatable bonds is 3. The second-order valence-electron chi connectivity index (χ2n) is 4.83. The molecule has 0 heterocycles. The van der Waals surface area contributed by atoms with Gasteiger partial charge in [-0.25, -0.2) is 18.1 Å². The average molecular weight is 404 g/mol. The maximum absolute atomic E-state index is 12.7. The van der Waals surface area contributed by atoms with Gasteiger partial charge in [0.05, 0.1) is 16.5 Å². The van der Waals surface area contributed by atoms with Crippen LogP contribution in [0.5, 0.6) is 0 Å². The summed E-state index contributed by atoms with van der Waals surface area (Å²) < 4.78 is 61.0. The normalized spacial score (nSPS) is 11.5. The largest absolute Gasteiger partial charge is 0.501 e. The highest BCUT2D eigenvalue weighted by atomic mass is 35.5. The molecule has 2 rings (SSSR count). The van der Waals surface area contributed by atoms with Crippen LogP contribution in [-0.2, 0) is 9.84 Å². The number of carbonyl (C=O) groups is 1. The van der Waals surface area contributed by atoms with Crippen LogP contribution in [0.15, 0.2) is 47.4 Å². The van der Waals surface area contributed by atoms with E-state index < -0.39 is 31.3 Å². The lowest BCUT2D eigenvalue weighted by atomic mass is 10.3. The van der Waals surface area contributed by atoms with Crippen molar-refractivity contribution in [3.63, 3.8) is 0 Å². The number of nitrogens with zero attached hydrogens (tertiary/aromatic N) is 1. The summed E-state index contributed by atoms with van der Waals surface area (Å²) in [6.45, 7) is 6.82. The lowest BCUT2D eigenvalue weighted by molar-refractivity contribution is -0.0435. The molecule has 2 aromatic carbocycles. The fraction of sp³-hybridized carbons (Fsp3) is 0.0667. The highest BCUT2D eigenvalue weighted by Crippen LogP contribution is 2.35. The summed E-state index contributed by atoms with van der Waals surface area (Å²) in [6, 6.07) is 7.70. The van der Waals surface area contributed by atoms with Crippen molar-refractivity contribution in [3.05, 3.63) is 58.9 Å². The number of halogens is 4. The van der Waals surface area contributed by atoms with Crippen molar-refractivity contribution in [3.8, 4) is 0 Å². The lowest BCUT2D eigenvalue weighted by Gasteiger charge is -2.12. The Morgan fingerprint density at radius 1 is 1.04 bits per heavy atom. The first-order chi connectivity index (χ1) is 12.0. The van der Waals surface area contributed by atoms with E-state index in [1.807, 2.05) is 0 Å². The standard InChI is InChI=1S/C15H9ClF3N3O3S/c1-20-9-2-4-10(5-3-9)21-14(23)22-11-6-7-12(16)13(8-11)26(24,25)15(17,18)19/h2-8H,(H2,21,22,23). The predicted octanol–water partition coefficient (Wildman–Crippen LogP) is 4.83. The molecule has 6 nitrogen and oxygen atoms in total. The summed E-state index contributed by atoms with van der Waals surface area (Å²) in [5.74, 6) is 0. The molecule has 0 aliphatic carbocycles. The number of nitrogens with one attached hydrogen (secondary N) is 2. The summed E-state index contributed by atoms with van der Waals surface area (Å²) in [5.41, 5.74) is -5.04. The molecule has 2 N–H and O–H groups in total. The van der Waals surface area contributed by atoms with E-state index in [2.05, 4.69) is 15.5 Å². The summed E-state index contributed by atoms with van der Waals surface area (Å²) >= 11 is 5.55. The molecule has 136 valence electrons. The quantitative estimate of drug-likeness (QED) is 0.720. The third kappa shape index (κ3) is 4.25. The number of carbonyl (C=O) groups excluding carboxylic acids is 1. The fourth-order valence-electron chi connectivity index (χ4n) is 1.82. The van der Waals surface area contributed by atoms with Crippen LogP contribution in [0.1, 0.15) is 0 Å². The Kier molecular flexibility index (Phi) is 5.44. The molecule has 0 bridgehead atoms. The van der Waals surface area contributed by atoms with Gasteiger partial charge in [-0.15, -0.1) is 0 Å². The van der Waals surface area contributed by atoms with Gasteiger partial charge >= 0.3 is 11.5 Å². The monoisotopic (exact) mass is 403 g/mol. The molecule has 0 saturated carbocycles. The molecule has 0 radical (unpaired) electrons. The van der Waals surface area contributed by atoms with E-state index in [4.69, 9.17) is 18.2 Å². The molecule has 2 amide bonds. The third-order valence-electron chi connectivity index (χ3n) is 3.04. The van der Waals surface area contributed by atoms with Crippen molar-refractivity contribution in [2.24, 2.45) is 0 Å². The fourth-order valence-corrected chi connectivity index (χ4v) is 3.10. The first-order valence-electron chi connectivity index (χ1n) is 6.71. The zero-order chi connectivity index (χ0) is 19.5. The molecule has 0 aromatic heterocycles. The highest BCUT2D eigenvalue weighted by molar-refractivity contribution is 7.92. The second-order valence-corrected chi connectivity index (χ2v) is 7.15. The Morgan fingerprint density at radius 3 is 2.12 bits per heavy atom. The smallest absolute Gasteiger partial charge is 0.308 e. The van der Waals surface area contributed by atoms with Crippen molar-refractivity contribution in [2.45, 2.75) is 10.4 Å². The molecule has 0 fully saturated rings. The number of hydrogen-bond donors (Lipinski definition) is 2. The summed E-state index contributed by atoms with van der Waals surface area (Å²) in [6.07, 6.45) is 0. The van der Waals surface area contributed by atoms with Gasteiger partial charge in [0.1, 0.15) is 0 Å². The van der Waals surface area contributed by atoms with Gasteiger partial charge in [-0.1, -0.05) is 23.7 Å². The van der Waals surface area contributed by atoms with Crippen LogP contribution < -0.4 is 10.6 Å². The predicted molar refractivity (Wildman–Crippen MR) is 90.0 cm³/mol. The zero-order valence-corrected chi connectivity index (χ0v) is 14.2. The number of hydrogen-bond acceptors (Lipinski definition) is 3. The van der Waals surface area contributed by atoms with Crippen LogP contribution in [-0.4, -0.2) is 20.0 Å². The van der Waals surface area contributed by atoms with Gasteiger partial charge < -0.3 is 10.6 Å². The molecular formula is C15H9ClF3N3O3S. The van der Waals surface area contributed by atoms with E-state index in [9.17, 15) is 26.4 Å². The van der Waals surface area contributed by atoms with Gasteiger partial charge in [0.2, 0.25) is 0 Å². The number of benzene rings is 2. The van der Waals surface area contributed by atoms with Gasteiger partial charge in [-0.3, -0.25) is 0 Å². The Balaban J connectivity index is 2.21. The molecule has 0 atom stereocenters. The van der Waals surface area contributed by atoms with Crippen molar-refractivity contribution >= 4 is 44.5 Å². The van der Waals surface area contributed by atoms with Crippen LogP contribution in [0.3, 0.4) is 0 Å². The van der Waals surface area contributed by atoms with Crippen LogP contribution >= 0.6 is 11.6 Å². The van der Waals surface area contributed by atoms with Crippen molar-refractivity contribution in [1.29, 1.82) is 0 Å². The minimum atomic E-state index is -5.66. The SMILES string of the molecule is [C-]#[N+]c1ccc(NC(=O)Nc2ccc(Cl)c(S(=O)(=O)C(F)(F)F)c2)cc1. The summed E-state index contributed by atoms with van der Waals surface area (Å²) in [7, 11) is -5.66. The van der Waals surface area contributed by atoms with E-state index in [1.54, 1.807) is 0 Å². The molecule has 11 heteroatoms. The Bertz CT molecular complexity index is 984. The minimum absolute atomic E-state index is 0.201. The van der Waals surface area contributed by atoms with Crippen molar-refractivity contribution in [2.75, 3.05) is 10.6 Å². The van der Waals surface area contributed by atoms with Crippen LogP contribution in [0.2, 0.25) is 5.02 Å². The van der Waals surface area contributed by atoms with Crippen LogP contribution in [0, 0.1) is 6.57 Å². The second kappa shape index (κ2) is 7.23. The molecule has 2 aromatic rings. The first kappa shape index (κ1) is 19.6. The van der Waals surface area contributed by atoms with E-state index in [1.165, 1.54) is 24.3 Å². The summed E-state index contributed by atoms with van der Waals surface area (Å²) in [4.78, 5) is 13.9. The van der Waals surface area contributed by atoms with Crippen LogP contribution in [0.25, 0.3) is 4.85 Å². The first-order valence-corrected chi connectivity index (χ1v) is 8.57. The number of amides is 2. The van der Waals surface area contributed by atoms with Gasteiger partial charge in [0.15, 0.2) is 5.69 Å². The zero-order valence-electron chi connectivity index (χ0n) is 12.6. The highest BCUT2D eigenvalue weighted by Gasteiger charge is 2.48. The molecule has 26 heavy (non-hydrogen) atoms. The summed E-state index contributed by atoms with van der Waals surface area (Å²) in [5, 5.41) is 3.97. The van der Waals surface area contributed by atoms with E-state index in [0.29, 0.717) is 17.4 Å². The Hall–Kier alpha value is -2.77. The molecule has 0 unspecified atom stereocenters. The topological polar surface area (TPSA) is 79.6 Å². The number of sulfone groups is 1. The van der Waals surface area contributed by atoms with Crippen molar-refractivity contribution in [1.82, 2.24) is 0 Å². The van der Waals surface area contributed by atoms with E-state index in [-0.39, 0.29) is 5.69 Å². The molecule has 0 spiro atoms. The van der Waals surface area contributed by atoms with Gasteiger partial charge in [-0.2, -0.15) is 13.2 Å². The van der Waals surface area contributed by atoms with Gasteiger partial charge in [0.25, 0.3) is 9.84 Å². The van der Waals surface area contributed by atoms with E-state index >= 15 is 0 Å².